The lowest BCUT2D eigenvalue weighted by atomic mass is 9.75. The summed E-state index contributed by atoms with van der Waals surface area (Å²) in [6, 6.07) is 12.8. The van der Waals surface area contributed by atoms with Crippen molar-refractivity contribution in [3.05, 3.63) is 60.4 Å². The van der Waals surface area contributed by atoms with Crippen LogP contribution < -0.4 is 4.74 Å². The van der Waals surface area contributed by atoms with E-state index in [4.69, 9.17) is 9.47 Å². The van der Waals surface area contributed by atoms with Gasteiger partial charge in [0.25, 0.3) is 0 Å². The lowest BCUT2D eigenvalue weighted by Gasteiger charge is -2.31. The minimum Gasteiger partial charge on any atom is -0.492 e. The van der Waals surface area contributed by atoms with Crippen molar-refractivity contribution in [2.45, 2.75) is 50.5 Å². The smallest absolute Gasteiger partial charge is 0.240 e. The molecule has 4 rings (SSSR count). The van der Waals surface area contributed by atoms with Crippen LogP contribution in [0.15, 0.2) is 54.9 Å². The molecule has 3 heterocycles. The zero-order chi connectivity index (χ0) is 24.7. The third-order valence-electron chi connectivity index (χ3n) is 6.80. The number of carbonyl (C=O) groups is 3. The van der Waals surface area contributed by atoms with Crippen molar-refractivity contribution in [1.82, 2.24) is 14.8 Å². The van der Waals surface area contributed by atoms with Crippen molar-refractivity contribution in [2.75, 3.05) is 32.8 Å². The van der Waals surface area contributed by atoms with E-state index < -0.39 is 5.41 Å². The molecule has 0 unspecified atom stereocenters. The molecule has 0 bridgehead atoms. The summed E-state index contributed by atoms with van der Waals surface area (Å²) < 4.78 is 11.4. The second-order valence-corrected chi connectivity index (χ2v) is 9.11. The van der Waals surface area contributed by atoms with E-state index in [0.29, 0.717) is 37.4 Å². The first-order valence-corrected chi connectivity index (χ1v) is 12.4. The highest BCUT2D eigenvalue weighted by Gasteiger charge is 2.53. The maximum Gasteiger partial charge on any atom is 0.240 e. The maximum absolute atomic E-state index is 13.8. The summed E-state index contributed by atoms with van der Waals surface area (Å²) in [5, 5.41) is 0. The molecule has 0 N–H and O–H groups in total. The molecule has 2 aliphatic rings. The number of benzene rings is 1. The zero-order valence-corrected chi connectivity index (χ0v) is 20.2. The van der Waals surface area contributed by atoms with Gasteiger partial charge in [-0.15, -0.1) is 0 Å². The third-order valence-corrected chi connectivity index (χ3v) is 6.80. The quantitative estimate of drug-likeness (QED) is 0.364. The van der Waals surface area contributed by atoms with E-state index in [0.717, 1.165) is 19.4 Å². The number of likely N-dealkylation sites (N-methyl/N-ethyl adjacent to an activating group) is 1. The van der Waals surface area contributed by atoms with Crippen LogP contribution in [0.25, 0.3) is 0 Å². The molecule has 1 aromatic carbocycles. The van der Waals surface area contributed by atoms with Crippen molar-refractivity contribution < 1.29 is 23.9 Å². The normalized spacial score (nSPS) is 22.0. The minimum absolute atomic E-state index is 0.0114. The van der Waals surface area contributed by atoms with Crippen molar-refractivity contribution in [2.24, 2.45) is 0 Å². The Morgan fingerprint density at radius 2 is 2.06 bits per heavy atom. The number of imide groups is 1. The molecule has 0 spiro atoms. The van der Waals surface area contributed by atoms with Gasteiger partial charge in [0, 0.05) is 45.3 Å². The van der Waals surface area contributed by atoms with Gasteiger partial charge in [-0.25, -0.2) is 0 Å². The van der Waals surface area contributed by atoms with E-state index in [2.05, 4.69) is 4.98 Å². The molecule has 2 fully saturated rings. The van der Waals surface area contributed by atoms with E-state index in [1.807, 2.05) is 37.3 Å². The van der Waals surface area contributed by atoms with E-state index >= 15 is 0 Å². The second-order valence-electron chi connectivity index (χ2n) is 9.11. The Labute approximate surface area is 206 Å². The summed E-state index contributed by atoms with van der Waals surface area (Å²) in [4.78, 5) is 47.3. The highest BCUT2D eigenvalue weighted by Crippen LogP contribution is 2.40. The number of ether oxygens (including phenoxy) is 2. The fraction of sp³-hybridized carbons (Fsp3) is 0.481. The molecule has 0 radical (unpaired) electrons. The Morgan fingerprint density at radius 3 is 2.74 bits per heavy atom. The summed E-state index contributed by atoms with van der Waals surface area (Å²) in [6.45, 7) is 4.28. The largest absolute Gasteiger partial charge is 0.492 e. The van der Waals surface area contributed by atoms with Gasteiger partial charge >= 0.3 is 0 Å². The van der Waals surface area contributed by atoms with E-state index in [1.165, 1.54) is 4.90 Å². The average molecular weight is 480 g/mol. The van der Waals surface area contributed by atoms with Crippen LogP contribution in [0.2, 0.25) is 0 Å². The topological polar surface area (TPSA) is 89.0 Å². The van der Waals surface area contributed by atoms with Crippen molar-refractivity contribution in [1.29, 1.82) is 0 Å². The number of likely N-dealkylation sites (tertiary alicyclic amines) is 1. The Bertz CT molecular complexity index is 1010. The summed E-state index contributed by atoms with van der Waals surface area (Å²) in [7, 11) is 0. The number of aromatic nitrogens is 1. The van der Waals surface area contributed by atoms with Crippen LogP contribution in [0.4, 0.5) is 0 Å². The van der Waals surface area contributed by atoms with Crippen LogP contribution in [0.3, 0.4) is 0 Å². The van der Waals surface area contributed by atoms with Crippen LogP contribution >= 0.6 is 0 Å². The number of nitrogens with zero attached hydrogens (tertiary/aromatic N) is 3. The van der Waals surface area contributed by atoms with Crippen LogP contribution in [-0.4, -0.2) is 71.5 Å². The third kappa shape index (κ3) is 5.70. The van der Waals surface area contributed by atoms with Crippen LogP contribution in [0, 0.1) is 0 Å². The molecule has 2 atom stereocenters. The van der Waals surface area contributed by atoms with Gasteiger partial charge < -0.3 is 14.4 Å². The van der Waals surface area contributed by atoms with Crippen LogP contribution in [0.5, 0.6) is 5.75 Å². The maximum atomic E-state index is 13.8. The molecule has 1 aromatic heterocycles. The molecule has 35 heavy (non-hydrogen) atoms. The molecule has 8 heteroatoms. The fourth-order valence-corrected chi connectivity index (χ4v) is 4.91. The Hall–Kier alpha value is -3.26. The molecule has 2 aromatic rings. The first-order chi connectivity index (χ1) is 17.0. The van der Waals surface area contributed by atoms with Gasteiger partial charge in [-0.2, -0.15) is 0 Å². The first-order valence-electron chi connectivity index (χ1n) is 12.4. The SMILES string of the molecule is CCN(C[C@H]1CCCO1)C(=O)C[C@@]1(c2ccccc2)CC(=O)N(CCCOc2cccnc2)C1=O. The molecule has 3 amide bonds. The summed E-state index contributed by atoms with van der Waals surface area (Å²) in [5.41, 5.74) is -0.488. The van der Waals surface area contributed by atoms with Crippen molar-refractivity contribution in [3.8, 4) is 5.75 Å². The Balaban J connectivity index is 1.47. The Kier molecular flexibility index (Phi) is 8.13. The first kappa shape index (κ1) is 24.9. The van der Waals surface area contributed by atoms with Gasteiger partial charge in [0.2, 0.25) is 17.7 Å². The zero-order valence-electron chi connectivity index (χ0n) is 20.2. The highest BCUT2D eigenvalue weighted by molar-refractivity contribution is 6.10. The predicted molar refractivity (Wildman–Crippen MR) is 130 cm³/mol. The van der Waals surface area contributed by atoms with Gasteiger partial charge in [-0.1, -0.05) is 30.3 Å². The lowest BCUT2D eigenvalue weighted by Crippen LogP contribution is -2.45. The van der Waals surface area contributed by atoms with Gasteiger partial charge in [0.05, 0.1) is 24.3 Å². The number of amides is 3. The summed E-state index contributed by atoms with van der Waals surface area (Å²) in [5.74, 6) is -0.0525. The molecule has 2 aliphatic heterocycles. The molecule has 2 saturated heterocycles. The van der Waals surface area contributed by atoms with Gasteiger partial charge in [-0.05, 0) is 43.9 Å². The summed E-state index contributed by atoms with van der Waals surface area (Å²) in [6.07, 6.45) is 5.69. The lowest BCUT2D eigenvalue weighted by molar-refractivity contribution is -0.143. The number of pyridine rings is 1. The van der Waals surface area contributed by atoms with Gasteiger partial charge in [0.15, 0.2) is 0 Å². The second kappa shape index (κ2) is 11.4. The molecular formula is C27H33N3O5. The molecule has 186 valence electrons. The number of carbonyl (C=O) groups excluding carboxylic acids is 3. The minimum atomic E-state index is -1.19. The molecular weight excluding hydrogens is 446 g/mol. The van der Waals surface area contributed by atoms with Crippen LogP contribution in [0.1, 0.15) is 44.6 Å². The highest BCUT2D eigenvalue weighted by atomic mass is 16.5. The van der Waals surface area contributed by atoms with Crippen LogP contribution in [-0.2, 0) is 24.5 Å². The number of rotatable bonds is 11. The summed E-state index contributed by atoms with van der Waals surface area (Å²) >= 11 is 0. The van der Waals surface area contributed by atoms with E-state index in [1.54, 1.807) is 29.4 Å². The molecule has 0 saturated carbocycles. The number of hydrogen-bond donors (Lipinski definition) is 0. The average Bonchev–Trinajstić information content (AvgIpc) is 3.48. The van der Waals surface area contributed by atoms with Crippen molar-refractivity contribution in [3.63, 3.8) is 0 Å². The Morgan fingerprint density at radius 1 is 1.23 bits per heavy atom. The van der Waals surface area contributed by atoms with E-state index in [9.17, 15) is 14.4 Å². The molecule has 0 aliphatic carbocycles. The van der Waals surface area contributed by atoms with Crippen molar-refractivity contribution >= 4 is 17.7 Å². The molecule has 8 nitrogen and oxygen atoms in total. The monoisotopic (exact) mass is 479 g/mol. The standard InChI is InChI=1S/C27H33N3O5/c1-2-29(20-23-12-7-15-35-23)24(31)17-27(21-9-4-3-5-10-21)18-25(32)30(26(27)33)14-8-16-34-22-11-6-13-28-19-22/h3-6,9-11,13,19,23H,2,7-8,12,14-18,20H2,1H3/t23-,27+/m1/s1. The van der Waals surface area contributed by atoms with Gasteiger partial charge in [-0.3, -0.25) is 24.3 Å². The predicted octanol–water partition coefficient (Wildman–Crippen LogP) is 2.97. The van der Waals surface area contributed by atoms with Gasteiger partial charge in [0.1, 0.15) is 5.75 Å². The van der Waals surface area contributed by atoms with E-state index in [-0.39, 0.29) is 43.2 Å². The fourth-order valence-electron chi connectivity index (χ4n) is 4.91. The number of hydrogen-bond acceptors (Lipinski definition) is 6.